The van der Waals surface area contributed by atoms with Gasteiger partial charge < -0.3 is 15.5 Å². The Hall–Kier alpha value is -1.75. The number of nitrogens with zero attached hydrogens (tertiary/aromatic N) is 1. The highest BCUT2D eigenvalue weighted by Crippen LogP contribution is 2.14. The summed E-state index contributed by atoms with van der Waals surface area (Å²) in [6.45, 7) is 1.30. The number of aromatic nitrogens is 2. The highest BCUT2D eigenvalue weighted by Gasteiger charge is 2.05. The molecule has 2 aromatic rings. The first-order chi connectivity index (χ1) is 7.72. The van der Waals surface area contributed by atoms with Crippen LogP contribution in [0.15, 0.2) is 23.0 Å². The molecule has 16 heavy (non-hydrogen) atoms. The molecule has 0 fully saturated rings. The first-order valence-electron chi connectivity index (χ1n) is 5.19. The molecule has 5 heteroatoms. The van der Waals surface area contributed by atoms with Gasteiger partial charge in [-0.15, -0.1) is 0 Å². The number of hydrogen-bond donors (Lipinski definition) is 2. The molecule has 2 rings (SSSR count). The van der Waals surface area contributed by atoms with Crippen molar-refractivity contribution in [3.8, 4) is 0 Å². The molecule has 0 saturated carbocycles. The topological polar surface area (TPSA) is 73.0 Å². The number of ether oxygens (including phenoxy) is 1. The van der Waals surface area contributed by atoms with E-state index in [1.165, 1.54) is 0 Å². The third kappa shape index (κ3) is 1.94. The lowest BCUT2D eigenvalue weighted by Gasteiger charge is -2.02. The van der Waals surface area contributed by atoms with Crippen LogP contribution in [-0.2, 0) is 11.3 Å². The summed E-state index contributed by atoms with van der Waals surface area (Å²) >= 11 is 0. The van der Waals surface area contributed by atoms with Gasteiger partial charge in [-0.2, -0.15) is 0 Å². The fourth-order valence-corrected chi connectivity index (χ4v) is 1.77. The standard InChI is InChI=1S/C11H15N3O2/c1-16-6-2-5-14-10-4-3-8(12)7-9(10)13-11(14)15/h3-4,7H,2,5-6,12H2,1H3,(H,13,15). The Balaban J connectivity index is 2.36. The monoisotopic (exact) mass is 221 g/mol. The van der Waals surface area contributed by atoms with Gasteiger partial charge >= 0.3 is 5.69 Å². The maximum atomic E-state index is 11.7. The number of nitrogens with one attached hydrogen (secondary N) is 1. The first kappa shape index (κ1) is 10.8. The summed E-state index contributed by atoms with van der Waals surface area (Å²) in [5, 5.41) is 0. The highest BCUT2D eigenvalue weighted by atomic mass is 16.5. The second-order valence-corrected chi connectivity index (χ2v) is 3.70. The van der Waals surface area contributed by atoms with Crippen molar-refractivity contribution in [1.29, 1.82) is 0 Å². The van der Waals surface area contributed by atoms with Crippen LogP contribution in [0.4, 0.5) is 5.69 Å². The number of H-pyrrole nitrogens is 1. The maximum absolute atomic E-state index is 11.7. The number of rotatable bonds is 4. The van der Waals surface area contributed by atoms with E-state index in [1.54, 1.807) is 23.8 Å². The number of benzene rings is 1. The molecule has 0 spiro atoms. The molecule has 0 amide bonds. The van der Waals surface area contributed by atoms with E-state index in [1.807, 2.05) is 6.07 Å². The molecule has 1 aromatic heterocycles. The predicted molar refractivity (Wildman–Crippen MR) is 63.5 cm³/mol. The minimum absolute atomic E-state index is 0.100. The number of nitrogen functional groups attached to an aromatic ring is 1. The first-order valence-corrected chi connectivity index (χ1v) is 5.19. The number of fused-ring (bicyclic) bond motifs is 1. The number of aromatic amines is 1. The van der Waals surface area contributed by atoms with E-state index in [4.69, 9.17) is 10.5 Å². The van der Waals surface area contributed by atoms with Gasteiger partial charge in [-0.05, 0) is 24.6 Å². The summed E-state index contributed by atoms with van der Waals surface area (Å²) in [5.74, 6) is 0. The van der Waals surface area contributed by atoms with Gasteiger partial charge in [0.1, 0.15) is 0 Å². The lowest BCUT2D eigenvalue weighted by molar-refractivity contribution is 0.190. The SMILES string of the molecule is COCCCn1c(=O)[nH]c2cc(N)ccc21. The summed E-state index contributed by atoms with van der Waals surface area (Å²) in [6.07, 6.45) is 0.813. The largest absolute Gasteiger partial charge is 0.399 e. The molecule has 0 radical (unpaired) electrons. The van der Waals surface area contributed by atoms with Crippen LogP contribution in [0.25, 0.3) is 11.0 Å². The van der Waals surface area contributed by atoms with Crippen LogP contribution in [0, 0.1) is 0 Å². The Morgan fingerprint density at radius 3 is 3.06 bits per heavy atom. The Morgan fingerprint density at radius 1 is 1.50 bits per heavy atom. The van der Waals surface area contributed by atoms with Crippen molar-refractivity contribution in [3.05, 3.63) is 28.7 Å². The van der Waals surface area contributed by atoms with E-state index in [0.29, 0.717) is 18.8 Å². The zero-order valence-electron chi connectivity index (χ0n) is 9.19. The Labute approximate surface area is 92.8 Å². The molecule has 86 valence electrons. The Morgan fingerprint density at radius 2 is 2.31 bits per heavy atom. The zero-order chi connectivity index (χ0) is 11.5. The van der Waals surface area contributed by atoms with Crippen molar-refractivity contribution in [2.75, 3.05) is 19.5 Å². The molecule has 0 bridgehead atoms. The van der Waals surface area contributed by atoms with Crippen molar-refractivity contribution in [3.63, 3.8) is 0 Å². The molecule has 0 saturated heterocycles. The van der Waals surface area contributed by atoms with E-state index >= 15 is 0 Å². The van der Waals surface area contributed by atoms with Gasteiger partial charge in [0.05, 0.1) is 11.0 Å². The van der Waals surface area contributed by atoms with E-state index in [0.717, 1.165) is 17.5 Å². The van der Waals surface area contributed by atoms with Gasteiger partial charge in [0.25, 0.3) is 0 Å². The van der Waals surface area contributed by atoms with Crippen molar-refractivity contribution in [2.24, 2.45) is 0 Å². The highest BCUT2D eigenvalue weighted by molar-refractivity contribution is 5.78. The molecule has 0 aliphatic rings. The molecule has 0 aliphatic carbocycles. The number of nitrogens with two attached hydrogens (primary N) is 1. The minimum Gasteiger partial charge on any atom is -0.399 e. The van der Waals surface area contributed by atoms with Gasteiger partial charge in [-0.25, -0.2) is 4.79 Å². The van der Waals surface area contributed by atoms with Gasteiger partial charge in [-0.1, -0.05) is 0 Å². The fourth-order valence-electron chi connectivity index (χ4n) is 1.77. The minimum atomic E-state index is -0.100. The third-order valence-electron chi connectivity index (χ3n) is 2.53. The average molecular weight is 221 g/mol. The van der Waals surface area contributed by atoms with Crippen LogP contribution < -0.4 is 11.4 Å². The molecule has 5 nitrogen and oxygen atoms in total. The van der Waals surface area contributed by atoms with Gasteiger partial charge in [0, 0.05) is 25.9 Å². The van der Waals surface area contributed by atoms with E-state index in [-0.39, 0.29) is 5.69 Å². The number of aryl methyl sites for hydroxylation is 1. The molecular weight excluding hydrogens is 206 g/mol. The lowest BCUT2D eigenvalue weighted by atomic mass is 10.3. The summed E-state index contributed by atoms with van der Waals surface area (Å²) in [4.78, 5) is 14.5. The van der Waals surface area contributed by atoms with E-state index < -0.39 is 0 Å². The van der Waals surface area contributed by atoms with Crippen LogP contribution in [-0.4, -0.2) is 23.3 Å². The van der Waals surface area contributed by atoms with Crippen molar-refractivity contribution >= 4 is 16.7 Å². The second kappa shape index (κ2) is 4.40. The average Bonchev–Trinajstić information content (AvgIpc) is 2.55. The number of methoxy groups -OCH3 is 1. The summed E-state index contributed by atoms with van der Waals surface area (Å²) in [5.41, 5.74) is 7.87. The van der Waals surface area contributed by atoms with Gasteiger partial charge in [-0.3, -0.25) is 4.57 Å². The Bertz CT molecular complexity index is 542. The lowest BCUT2D eigenvalue weighted by Crippen LogP contribution is -2.17. The zero-order valence-corrected chi connectivity index (χ0v) is 9.19. The van der Waals surface area contributed by atoms with Crippen LogP contribution in [0.5, 0.6) is 0 Å². The predicted octanol–water partition coefficient (Wildman–Crippen LogP) is 0.948. The van der Waals surface area contributed by atoms with Gasteiger partial charge in [0.2, 0.25) is 0 Å². The smallest absolute Gasteiger partial charge is 0.326 e. The van der Waals surface area contributed by atoms with E-state index in [9.17, 15) is 4.79 Å². The molecule has 0 atom stereocenters. The van der Waals surface area contributed by atoms with E-state index in [2.05, 4.69) is 4.98 Å². The van der Waals surface area contributed by atoms with Crippen LogP contribution in [0.3, 0.4) is 0 Å². The normalized spacial score (nSPS) is 11.1. The summed E-state index contributed by atoms with van der Waals surface area (Å²) < 4.78 is 6.67. The van der Waals surface area contributed by atoms with Crippen molar-refractivity contribution in [1.82, 2.24) is 9.55 Å². The molecular formula is C11H15N3O2. The molecule has 3 N–H and O–H groups in total. The Kier molecular flexibility index (Phi) is 2.96. The molecule has 0 unspecified atom stereocenters. The summed E-state index contributed by atoms with van der Waals surface area (Å²) in [6, 6.07) is 5.42. The second-order valence-electron chi connectivity index (χ2n) is 3.70. The van der Waals surface area contributed by atoms with Crippen molar-refractivity contribution < 1.29 is 4.74 Å². The number of anilines is 1. The summed E-state index contributed by atoms with van der Waals surface area (Å²) in [7, 11) is 1.65. The van der Waals surface area contributed by atoms with Crippen LogP contribution >= 0.6 is 0 Å². The maximum Gasteiger partial charge on any atom is 0.326 e. The third-order valence-corrected chi connectivity index (χ3v) is 2.53. The number of imidazole rings is 1. The number of hydrogen-bond acceptors (Lipinski definition) is 3. The quantitative estimate of drug-likeness (QED) is 0.596. The fraction of sp³-hybridized carbons (Fsp3) is 0.364. The van der Waals surface area contributed by atoms with Gasteiger partial charge in [0.15, 0.2) is 0 Å². The van der Waals surface area contributed by atoms with Crippen molar-refractivity contribution in [2.45, 2.75) is 13.0 Å². The molecule has 1 aromatic carbocycles. The van der Waals surface area contributed by atoms with Crippen LogP contribution in [0.2, 0.25) is 0 Å². The molecule has 1 heterocycles. The van der Waals surface area contributed by atoms with Crippen LogP contribution in [0.1, 0.15) is 6.42 Å². The molecule has 0 aliphatic heterocycles.